The minimum Gasteiger partial charge on any atom is -0.493 e. The first-order valence-corrected chi connectivity index (χ1v) is 7.06. The third kappa shape index (κ3) is 2.49. The maximum atomic E-state index is 6.16. The fourth-order valence-corrected chi connectivity index (χ4v) is 2.85. The molecule has 3 rings (SSSR count). The molecular weight excluding hydrogens is 264 g/mol. The van der Waals surface area contributed by atoms with Gasteiger partial charge in [0.25, 0.3) is 0 Å². The molecule has 0 atom stereocenters. The van der Waals surface area contributed by atoms with E-state index in [-0.39, 0.29) is 0 Å². The smallest absolute Gasteiger partial charge is 0.162 e. The second-order valence-corrected chi connectivity index (χ2v) is 5.21. The highest BCUT2D eigenvalue weighted by Crippen LogP contribution is 2.35. The van der Waals surface area contributed by atoms with Crippen LogP contribution in [0.5, 0.6) is 11.5 Å². The highest BCUT2D eigenvalue weighted by molar-refractivity contribution is 5.62. The van der Waals surface area contributed by atoms with E-state index in [1.807, 2.05) is 12.1 Å². The molecule has 21 heavy (non-hydrogen) atoms. The van der Waals surface area contributed by atoms with Crippen LogP contribution in [-0.2, 0) is 13.0 Å². The molecule has 2 aromatic rings. The highest BCUT2D eigenvalue weighted by Gasteiger charge is 2.20. The molecule has 0 spiro atoms. The first kappa shape index (κ1) is 13.6. The van der Waals surface area contributed by atoms with Gasteiger partial charge in [0.1, 0.15) is 0 Å². The van der Waals surface area contributed by atoms with Gasteiger partial charge in [-0.25, -0.2) is 0 Å². The molecule has 1 aliphatic rings. The molecule has 0 unspecified atom stereocenters. The fourth-order valence-electron chi connectivity index (χ4n) is 2.85. The molecule has 4 nitrogen and oxygen atoms in total. The number of rotatable bonds is 4. The summed E-state index contributed by atoms with van der Waals surface area (Å²) in [4.78, 5) is 2.35. The highest BCUT2D eigenvalue weighted by atomic mass is 16.5. The molecule has 0 aromatic heterocycles. The standard InChI is InChI=1S/C17H20N2O2/c1-20-16-9-13(14(18)10-17(16)21-2)11-19-8-7-12-5-3-4-6-15(12)19/h3-6,9-10H,7-8,11,18H2,1-2H3. The van der Waals surface area contributed by atoms with Crippen LogP contribution < -0.4 is 20.1 Å². The van der Waals surface area contributed by atoms with Gasteiger partial charge in [0, 0.05) is 30.5 Å². The van der Waals surface area contributed by atoms with Crippen LogP contribution in [0.1, 0.15) is 11.1 Å². The van der Waals surface area contributed by atoms with E-state index in [2.05, 4.69) is 29.2 Å². The van der Waals surface area contributed by atoms with Gasteiger partial charge in [0.05, 0.1) is 14.2 Å². The van der Waals surface area contributed by atoms with Crippen molar-refractivity contribution < 1.29 is 9.47 Å². The summed E-state index contributed by atoms with van der Waals surface area (Å²) in [6.07, 6.45) is 1.09. The van der Waals surface area contributed by atoms with Crippen molar-refractivity contribution in [2.24, 2.45) is 0 Å². The number of ether oxygens (including phenoxy) is 2. The van der Waals surface area contributed by atoms with E-state index in [0.29, 0.717) is 11.5 Å². The summed E-state index contributed by atoms with van der Waals surface area (Å²) >= 11 is 0. The van der Waals surface area contributed by atoms with Crippen LogP contribution in [0.25, 0.3) is 0 Å². The Balaban J connectivity index is 1.89. The van der Waals surface area contributed by atoms with E-state index in [4.69, 9.17) is 15.2 Å². The van der Waals surface area contributed by atoms with Gasteiger partial charge >= 0.3 is 0 Å². The molecule has 0 aliphatic carbocycles. The van der Waals surface area contributed by atoms with Crippen molar-refractivity contribution in [2.45, 2.75) is 13.0 Å². The molecule has 2 N–H and O–H groups in total. The van der Waals surface area contributed by atoms with Crippen molar-refractivity contribution in [3.8, 4) is 11.5 Å². The number of hydrogen-bond acceptors (Lipinski definition) is 4. The summed E-state index contributed by atoms with van der Waals surface area (Å²) in [7, 11) is 3.26. The van der Waals surface area contributed by atoms with Crippen LogP contribution >= 0.6 is 0 Å². The molecule has 110 valence electrons. The average molecular weight is 284 g/mol. The third-order valence-corrected chi connectivity index (χ3v) is 3.99. The SMILES string of the molecule is COc1cc(N)c(CN2CCc3ccccc32)cc1OC. The summed E-state index contributed by atoms with van der Waals surface area (Å²) in [5.74, 6) is 1.38. The zero-order valence-corrected chi connectivity index (χ0v) is 12.4. The topological polar surface area (TPSA) is 47.7 Å². The lowest BCUT2D eigenvalue weighted by molar-refractivity contribution is 0.355. The van der Waals surface area contributed by atoms with E-state index in [0.717, 1.165) is 30.8 Å². The number of nitrogen functional groups attached to an aromatic ring is 1. The van der Waals surface area contributed by atoms with Crippen LogP contribution in [0.4, 0.5) is 11.4 Å². The number of anilines is 2. The number of fused-ring (bicyclic) bond motifs is 1. The van der Waals surface area contributed by atoms with Crippen molar-refractivity contribution in [3.05, 3.63) is 47.5 Å². The Hall–Kier alpha value is -2.36. The van der Waals surface area contributed by atoms with Crippen molar-refractivity contribution in [3.63, 3.8) is 0 Å². The first-order chi connectivity index (χ1) is 10.2. The molecule has 0 fully saturated rings. The summed E-state index contributed by atoms with van der Waals surface area (Å²) in [5, 5.41) is 0. The number of para-hydroxylation sites is 1. The molecule has 1 heterocycles. The fraction of sp³-hybridized carbons (Fsp3) is 0.294. The van der Waals surface area contributed by atoms with E-state index < -0.39 is 0 Å². The summed E-state index contributed by atoms with van der Waals surface area (Å²) in [6.45, 7) is 1.80. The predicted molar refractivity (Wildman–Crippen MR) is 85.2 cm³/mol. The van der Waals surface area contributed by atoms with Crippen LogP contribution in [0, 0.1) is 0 Å². The summed E-state index contributed by atoms with van der Waals surface area (Å²) < 4.78 is 10.6. The molecular formula is C17H20N2O2. The first-order valence-electron chi connectivity index (χ1n) is 7.06. The number of benzene rings is 2. The monoisotopic (exact) mass is 284 g/mol. The Morgan fingerprint density at radius 3 is 2.57 bits per heavy atom. The van der Waals surface area contributed by atoms with Crippen molar-refractivity contribution in [1.82, 2.24) is 0 Å². The molecule has 0 bridgehead atoms. The van der Waals surface area contributed by atoms with Crippen LogP contribution in [0.15, 0.2) is 36.4 Å². The van der Waals surface area contributed by atoms with E-state index >= 15 is 0 Å². The quantitative estimate of drug-likeness (QED) is 0.877. The molecule has 2 aromatic carbocycles. The Labute approximate surface area is 125 Å². The maximum Gasteiger partial charge on any atom is 0.162 e. The number of nitrogens with zero attached hydrogens (tertiary/aromatic N) is 1. The largest absolute Gasteiger partial charge is 0.493 e. The van der Waals surface area contributed by atoms with E-state index in [1.165, 1.54) is 11.3 Å². The number of methoxy groups -OCH3 is 2. The van der Waals surface area contributed by atoms with Crippen LogP contribution in [0.3, 0.4) is 0 Å². The lowest BCUT2D eigenvalue weighted by Crippen LogP contribution is -2.20. The van der Waals surface area contributed by atoms with Gasteiger partial charge in [0.15, 0.2) is 11.5 Å². The Kier molecular flexibility index (Phi) is 3.60. The van der Waals surface area contributed by atoms with Gasteiger partial charge in [-0.15, -0.1) is 0 Å². The molecule has 0 saturated carbocycles. The van der Waals surface area contributed by atoms with Crippen LogP contribution in [0.2, 0.25) is 0 Å². The molecule has 4 heteroatoms. The van der Waals surface area contributed by atoms with E-state index in [1.54, 1.807) is 14.2 Å². The van der Waals surface area contributed by atoms with Gasteiger partial charge < -0.3 is 20.1 Å². The second-order valence-electron chi connectivity index (χ2n) is 5.21. The Bertz CT molecular complexity index is 655. The molecule has 1 aliphatic heterocycles. The van der Waals surface area contributed by atoms with Crippen molar-refractivity contribution in [2.75, 3.05) is 31.4 Å². The second kappa shape index (κ2) is 5.56. The van der Waals surface area contributed by atoms with Crippen molar-refractivity contribution in [1.29, 1.82) is 0 Å². The van der Waals surface area contributed by atoms with E-state index in [9.17, 15) is 0 Å². The van der Waals surface area contributed by atoms with Gasteiger partial charge in [-0.05, 0) is 29.7 Å². The number of hydrogen-bond donors (Lipinski definition) is 1. The lowest BCUT2D eigenvalue weighted by Gasteiger charge is -2.21. The molecule has 0 saturated heterocycles. The predicted octanol–water partition coefficient (Wildman–Crippen LogP) is 2.85. The van der Waals surface area contributed by atoms with Gasteiger partial charge in [-0.3, -0.25) is 0 Å². The normalized spacial score (nSPS) is 13.1. The van der Waals surface area contributed by atoms with Gasteiger partial charge in [0.2, 0.25) is 0 Å². The van der Waals surface area contributed by atoms with Crippen molar-refractivity contribution >= 4 is 11.4 Å². The molecule has 0 radical (unpaired) electrons. The summed E-state index contributed by atoms with van der Waals surface area (Å²) in [6, 6.07) is 12.3. The summed E-state index contributed by atoms with van der Waals surface area (Å²) in [5.41, 5.74) is 10.6. The minimum atomic E-state index is 0.667. The van der Waals surface area contributed by atoms with Crippen LogP contribution in [-0.4, -0.2) is 20.8 Å². The minimum absolute atomic E-state index is 0.667. The zero-order chi connectivity index (χ0) is 14.8. The van der Waals surface area contributed by atoms with Gasteiger partial charge in [-0.1, -0.05) is 18.2 Å². The third-order valence-electron chi connectivity index (χ3n) is 3.99. The Morgan fingerprint density at radius 2 is 1.81 bits per heavy atom. The Morgan fingerprint density at radius 1 is 1.10 bits per heavy atom. The van der Waals surface area contributed by atoms with Gasteiger partial charge in [-0.2, -0.15) is 0 Å². The zero-order valence-electron chi connectivity index (χ0n) is 12.4. The maximum absolute atomic E-state index is 6.16. The number of nitrogens with two attached hydrogens (primary N) is 1. The average Bonchev–Trinajstić information content (AvgIpc) is 2.92. The lowest BCUT2D eigenvalue weighted by atomic mass is 10.1. The molecule has 0 amide bonds.